The van der Waals surface area contributed by atoms with Crippen molar-refractivity contribution in [1.29, 1.82) is 0 Å². The Bertz CT molecular complexity index is 170. The Balaban J connectivity index is 0. The Morgan fingerprint density at radius 3 is 1.58 bits per heavy atom. The highest BCUT2D eigenvalue weighted by atomic mass is 35.5. The van der Waals surface area contributed by atoms with E-state index in [4.69, 9.17) is 15.3 Å². The van der Waals surface area contributed by atoms with Crippen molar-refractivity contribution in [3.8, 4) is 0 Å². The highest BCUT2D eigenvalue weighted by Gasteiger charge is 2.26. The maximum absolute atomic E-state index is 9.12. The number of hydrogen-bond acceptors (Lipinski definition) is 4. The van der Waals surface area contributed by atoms with Gasteiger partial charge in [0.15, 0.2) is 0 Å². The predicted octanol–water partition coefficient (Wildman–Crippen LogP) is 1.85. The third kappa shape index (κ3) is 10.6. The van der Waals surface area contributed by atoms with Crippen LogP contribution in [0.3, 0.4) is 0 Å². The molecule has 0 radical (unpaired) electrons. The molecule has 0 heterocycles. The van der Waals surface area contributed by atoms with E-state index in [0.717, 1.165) is 19.4 Å². The number of hydrogen-bond donors (Lipinski definition) is 4. The van der Waals surface area contributed by atoms with Crippen molar-refractivity contribution in [2.75, 3.05) is 26.4 Å². The molecule has 0 aromatic rings. The van der Waals surface area contributed by atoms with Crippen molar-refractivity contribution in [3.05, 3.63) is 0 Å². The number of aliphatic hydroxyl groups excluding tert-OH is 3. The van der Waals surface area contributed by atoms with Gasteiger partial charge in [0, 0.05) is 0 Å². The van der Waals surface area contributed by atoms with Crippen LogP contribution in [0.5, 0.6) is 0 Å². The summed E-state index contributed by atoms with van der Waals surface area (Å²) in [4.78, 5) is 0. The molecule has 0 aliphatic rings. The summed E-state index contributed by atoms with van der Waals surface area (Å²) in [5.41, 5.74) is -0.916. The summed E-state index contributed by atoms with van der Waals surface area (Å²) in [6.07, 6.45) is 10.0. The molecule has 0 aromatic heterocycles. The molecule has 0 amide bonds. The van der Waals surface area contributed by atoms with Crippen LogP contribution in [-0.4, -0.2) is 47.2 Å². The first-order valence-corrected chi connectivity index (χ1v) is 7.32. The zero-order valence-electron chi connectivity index (χ0n) is 12.2. The fourth-order valence-electron chi connectivity index (χ4n) is 1.93. The van der Waals surface area contributed by atoms with Gasteiger partial charge in [-0.1, -0.05) is 51.9 Å². The first-order chi connectivity index (χ1) is 8.74. The van der Waals surface area contributed by atoms with Crippen molar-refractivity contribution in [2.24, 2.45) is 0 Å². The Morgan fingerprint density at radius 2 is 1.16 bits per heavy atom. The first-order valence-electron chi connectivity index (χ1n) is 7.32. The Morgan fingerprint density at radius 1 is 0.737 bits per heavy atom. The van der Waals surface area contributed by atoms with E-state index >= 15 is 0 Å². The normalized spacial score (nSPS) is 11.4. The number of aliphatic hydroxyl groups is 3. The maximum Gasteiger partial charge on any atom is 0.0881 e. The summed E-state index contributed by atoms with van der Waals surface area (Å²) in [5.74, 6) is 0. The second-order valence-corrected chi connectivity index (χ2v) is 5.16. The molecule has 0 saturated carbocycles. The van der Waals surface area contributed by atoms with Crippen LogP contribution >= 0.6 is 12.4 Å². The number of unbranched alkanes of at least 4 members (excludes halogenated alkanes) is 7. The molecule has 0 aliphatic carbocycles. The molecular weight excluding hydrogens is 266 g/mol. The molecule has 118 valence electrons. The minimum absolute atomic E-state index is 0. The molecular formula is C14H32ClNO3. The Kier molecular flexibility index (Phi) is 16.4. The highest BCUT2D eigenvalue weighted by molar-refractivity contribution is 5.85. The molecule has 0 atom stereocenters. The highest BCUT2D eigenvalue weighted by Crippen LogP contribution is 2.08. The fourth-order valence-corrected chi connectivity index (χ4v) is 1.93. The lowest BCUT2D eigenvalue weighted by Gasteiger charge is -2.28. The van der Waals surface area contributed by atoms with Crippen LogP contribution in [0.4, 0.5) is 0 Å². The quantitative estimate of drug-likeness (QED) is 0.392. The van der Waals surface area contributed by atoms with Gasteiger partial charge in [0.2, 0.25) is 0 Å². The van der Waals surface area contributed by atoms with Gasteiger partial charge in [0.05, 0.1) is 25.4 Å². The van der Waals surface area contributed by atoms with Crippen LogP contribution in [0.1, 0.15) is 58.3 Å². The average molecular weight is 298 g/mol. The van der Waals surface area contributed by atoms with Gasteiger partial charge >= 0.3 is 0 Å². The molecule has 0 aromatic carbocycles. The zero-order chi connectivity index (χ0) is 13.7. The van der Waals surface area contributed by atoms with Gasteiger partial charge < -0.3 is 20.6 Å². The van der Waals surface area contributed by atoms with Gasteiger partial charge in [0.1, 0.15) is 0 Å². The van der Waals surface area contributed by atoms with Gasteiger partial charge in [-0.05, 0) is 13.0 Å². The van der Waals surface area contributed by atoms with E-state index in [9.17, 15) is 0 Å². The molecule has 0 aliphatic heterocycles. The molecule has 5 heteroatoms. The lowest BCUT2D eigenvalue weighted by Crippen LogP contribution is -2.55. The lowest BCUT2D eigenvalue weighted by atomic mass is 10.0. The molecule has 0 saturated heterocycles. The molecule has 0 fully saturated rings. The summed E-state index contributed by atoms with van der Waals surface area (Å²) in [6, 6.07) is 0. The molecule has 19 heavy (non-hydrogen) atoms. The van der Waals surface area contributed by atoms with Crippen molar-refractivity contribution in [2.45, 2.75) is 63.8 Å². The van der Waals surface area contributed by atoms with Crippen LogP contribution in [0.15, 0.2) is 0 Å². The zero-order valence-corrected chi connectivity index (χ0v) is 13.1. The number of halogens is 1. The number of rotatable bonds is 13. The van der Waals surface area contributed by atoms with Gasteiger partial charge in [-0.15, -0.1) is 12.4 Å². The van der Waals surface area contributed by atoms with Gasteiger partial charge in [-0.25, -0.2) is 0 Å². The average Bonchev–Trinajstić information content (AvgIpc) is 2.42. The minimum atomic E-state index is -0.916. The summed E-state index contributed by atoms with van der Waals surface area (Å²) in [6.45, 7) is 2.24. The SMILES string of the molecule is CCCCCCCCCCNC(CO)(CO)CO.Cl. The molecule has 0 unspecified atom stereocenters. The summed E-state index contributed by atoms with van der Waals surface area (Å²) in [7, 11) is 0. The van der Waals surface area contributed by atoms with Crippen LogP contribution in [-0.2, 0) is 0 Å². The van der Waals surface area contributed by atoms with Crippen LogP contribution in [0.25, 0.3) is 0 Å². The van der Waals surface area contributed by atoms with Crippen molar-refractivity contribution in [3.63, 3.8) is 0 Å². The third-order valence-corrected chi connectivity index (χ3v) is 3.44. The predicted molar refractivity (Wildman–Crippen MR) is 81.8 cm³/mol. The summed E-state index contributed by atoms with van der Waals surface area (Å²) in [5, 5.41) is 30.4. The standard InChI is InChI=1S/C14H31NO3.ClH/c1-2-3-4-5-6-7-8-9-10-15-14(11-16,12-17)13-18;/h15-18H,2-13H2,1H3;1H. The molecule has 0 rings (SSSR count). The lowest BCUT2D eigenvalue weighted by molar-refractivity contribution is 0.0425. The first kappa shape index (κ1) is 21.4. The van der Waals surface area contributed by atoms with Gasteiger partial charge in [-0.3, -0.25) is 0 Å². The molecule has 4 nitrogen and oxygen atoms in total. The van der Waals surface area contributed by atoms with E-state index in [0.29, 0.717) is 0 Å². The summed E-state index contributed by atoms with van der Waals surface area (Å²) >= 11 is 0. The van der Waals surface area contributed by atoms with E-state index in [1.165, 1.54) is 38.5 Å². The van der Waals surface area contributed by atoms with E-state index in [1.54, 1.807) is 0 Å². The van der Waals surface area contributed by atoms with Crippen molar-refractivity contribution >= 4 is 12.4 Å². The number of nitrogens with one attached hydrogen (secondary N) is 1. The minimum Gasteiger partial charge on any atom is -0.394 e. The van der Waals surface area contributed by atoms with Gasteiger partial charge in [0.25, 0.3) is 0 Å². The second-order valence-electron chi connectivity index (χ2n) is 5.16. The van der Waals surface area contributed by atoms with E-state index < -0.39 is 5.54 Å². The second kappa shape index (κ2) is 14.5. The van der Waals surface area contributed by atoms with Gasteiger partial charge in [-0.2, -0.15) is 0 Å². The van der Waals surface area contributed by atoms with Crippen molar-refractivity contribution < 1.29 is 15.3 Å². The monoisotopic (exact) mass is 297 g/mol. The molecule has 0 spiro atoms. The topological polar surface area (TPSA) is 72.7 Å². The van der Waals surface area contributed by atoms with Crippen LogP contribution in [0.2, 0.25) is 0 Å². The van der Waals surface area contributed by atoms with E-state index in [-0.39, 0.29) is 32.2 Å². The Labute approximate surface area is 124 Å². The van der Waals surface area contributed by atoms with Crippen molar-refractivity contribution in [1.82, 2.24) is 5.32 Å². The smallest absolute Gasteiger partial charge is 0.0881 e. The maximum atomic E-state index is 9.12. The Hall–Kier alpha value is 0.130. The fraction of sp³-hybridized carbons (Fsp3) is 1.00. The van der Waals surface area contributed by atoms with Crippen LogP contribution < -0.4 is 5.32 Å². The largest absolute Gasteiger partial charge is 0.394 e. The van der Waals surface area contributed by atoms with Crippen LogP contribution in [0, 0.1) is 0 Å². The third-order valence-electron chi connectivity index (χ3n) is 3.44. The van der Waals surface area contributed by atoms with E-state index in [1.807, 2.05) is 0 Å². The summed E-state index contributed by atoms with van der Waals surface area (Å²) < 4.78 is 0. The molecule has 0 bridgehead atoms. The van der Waals surface area contributed by atoms with E-state index in [2.05, 4.69) is 12.2 Å². The molecule has 4 N–H and O–H groups in total.